The number of anilines is 1. The summed E-state index contributed by atoms with van der Waals surface area (Å²) >= 11 is 0. The third-order valence-electron chi connectivity index (χ3n) is 5.04. The monoisotopic (exact) mass is 399 g/mol. The van der Waals surface area contributed by atoms with E-state index < -0.39 is 0 Å². The van der Waals surface area contributed by atoms with Crippen LogP contribution in [0.5, 0.6) is 5.75 Å². The number of Topliss-reactive ketones (excluding diaryl/α,β-unsaturated/α-hetero) is 1. The van der Waals surface area contributed by atoms with Gasteiger partial charge >= 0.3 is 0 Å². The molecular weight excluding hydrogens is 373 g/mol. The molecular formula is C22H26FN3O3. The largest absolute Gasteiger partial charge is 0.496 e. The van der Waals surface area contributed by atoms with Crippen LogP contribution >= 0.6 is 0 Å². The van der Waals surface area contributed by atoms with Crippen molar-refractivity contribution in [3.63, 3.8) is 0 Å². The molecule has 0 aliphatic carbocycles. The maximum absolute atomic E-state index is 13.5. The molecule has 1 fully saturated rings. The van der Waals surface area contributed by atoms with E-state index >= 15 is 0 Å². The Balaban J connectivity index is 1.46. The molecule has 0 saturated carbocycles. The highest BCUT2D eigenvalue weighted by molar-refractivity contribution is 5.96. The Labute approximate surface area is 170 Å². The molecule has 0 aromatic heterocycles. The Bertz CT molecular complexity index is 862. The quantitative estimate of drug-likeness (QED) is 0.726. The van der Waals surface area contributed by atoms with E-state index in [9.17, 15) is 14.0 Å². The first-order valence-electron chi connectivity index (χ1n) is 9.62. The SMILES string of the molecule is COc1ccc(F)cc1CN1CCN(CC(=O)Nc2ccc(C(C)=O)cc2)CC1. The zero-order valence-electron chi connectivity index (χ0n) is 16.8. The summed E-state index contributed by atoms with van der Waals surface area (Å²) in [5.74, 6) is 0.328. The number of nitrogens with zero attached hydrogens (tertiary/aromatic N) is 2. The van der Waals surface area contributed by atoms with Gasteiger partial charge in [0, 0.05) is 49.5 Å². The van der Waals surface area contributed by atoms with Gasteiger partial charge in [0.05, 0.1) is 13.7 Å². The van der Waals surface area contributed by atoms with Crippen LogP contribution < -0.4 is 10.1 Å². The predicted molar refractivity (Wildman–Crippen MR) is 110 cm³/mol. The van der Waals surface area contributed by atoms with E-state index in [0.717, 1.165) is 31.7 Å². The lowest BCUT2D eigenvalue weighted by Gasteiger charge is -2.34. The summed E-state index contributed by atoms with van der Waals surface area (Å²) in [7, 11) is 1.58. The number of methoxy groups -OCH3 is 1. The molecule has 2 aromatic carbocycles. The van der Waals surface area contributed by atoms with Crippen LogP contribution in [0.15, 0.2) is 42.5 Å². The Morgan fingerprint density at radius 1 is 1.03 bits per heavy atom. The smallest absolute Gasteiger partial charge is 0.238 e. The zero-order valence-corrected chi connectivity index (χ0v) is 16.8. The molecule has 1 heterocycles. The second-order valence-electron chi connectivity index (χ2n) is 7.19. The van der Waals surface area contributed by atoms with Crippen molar-refractivity contribution >= 4 is 17.4 Å². The van der Waals surface area contributed by atoms with Crippen LogP contribution in [0.3, 0.4) is 0 Å². The van der Waals surface area contributed by atoms with Gasteiger partial charge < -0.3 is 10.1 Å². The summed E-state index contributed by atoms with van der Waals surface area (Å²) in [4.78, 5) is 27.9. The Kier molecular flexibility index (Phi) is 6.95. The average Bonchev–Trinajstić information content (AvgIpc) is 2.70. The van der Waals surface area contributed by atoms with E-state index in [4.69, 9.17) is 4.74 Å². The van der Waals surface area contributed by atoms with Gasteiger partial charge in [0.1, 0.15) is 11.6 Å². The molecule has 0 spiro atoms. The number of amides is 1. The number of carbonyl (C=O) groups excluding carboxylic acids is 2. The zero-order chi connectivity index (χ0) is 20.8. The van der Waals surface area contributed by atoms with Crippen LogP contribution in [0, 0.1) is 5.82 Å². The molecule has 1 aliphatic heterocycles. The summed E-state index contributed by atoms with van der Waals surface area (Å²) in [5.41, 5.74) is 2.12. The van der Waals surface area contributed by atoms with Crippen molar-refractivity contribution in [2.24, 2.45) is 0 Å². The van der Waals surface area contributed by atoms with Gasteiger partial charge in [-0.15, -0.1) is 0 Å². The van der Waals surface area contributed by atoms with Gasteiger partial charge in [-0.25, -0.2) is 4.39 Å². The minimum Gasteiger partial charge on any atom is -0.496 e. The van der Waals surface area contributed by atoms with Crippen LogP contribution in [0.25, 0.3) is 0 Å². The fraction of sp³-hybridized carbons (Fsp3) is 0.364. The summed E-state index contributed by atoms with van der Waals surface area (Å²) in [6, 6.07) is 11.4. The molecule has 0 bridgehead atoms. The summed E-state index contributed by atoms with van der Waals surface area (Å²) < 4.78 is 18.9. The first kappa shape index (κ1) is 21.0. The lowest BCUT2D eigenvalue weighted by Crippen LogP contribution is -2.48. The molecule has 2 aromatic rings. The van der Waals surface area contributed by atoms with E-state index in [0.29, 0.717) is 30.1 Å². The molecule has 1 saturated heterocycles. The van der Waals surface area contributed by atoms with Crippen LogP contribution in [-0.2, 0) is 11.3 Å². The van der Waals surface area contributed by atoms with Gasteiger partial charge in [0.2, 0.25) is 5.91 Å². The van der Waals surface area contributed by atoms with Crippen molar-refractivity contribution in [2.45, 2.75) is 13.5 Å². The van der Waals surface area contributed by atoms with Crippen LogP contribution in [0.4, 0.5) is 10.1 Å². The topological polar surface area (TPSA) is 61.9 Å². The van der Waals surface area contributed by atoms with Gasteiger partial charge in [-0.3, -0.25) is 19.4 Å². The number of hydrogen-bond donors (Lipinski definition) is 1. The van der Waals surface area contributed by atoms with Crippen LogP contribution in [0.2, 0.25) is 0 Å². The first-order valence-corrected chi connectivity index (χ1v) is 9.62. The number of halogens is 1. The number of carbonyl (C=O) groups is 2. The fourth-order valence-corrected chi connectivity index (χ4v) is 3.41. The van der Waals surface area contributed by atoms with Gasteiger partial charge in [-0.1, -0.05) is 0 Å². The maximum Gasteiger partial charge on any atom is 0.238 e. The van der Waals surface area contributed by atoms with Crippen molar-refractivity contribution in [3.8, 4) is 5.75 Å². The van der Waals surface area contributed by atoms with Crippen molar-refractivity contribution in [3.05, 3.63) is 59.4 Å². The van der Waals surface area contributed by atoms with E-state index in [1.165, 1.54) is 19.1 Å². The Morgan fingerprint density at radius 3 is 2.31 bits per heavy atom. The summed E-state index contributed by atoms with van der Waals surface area (Å²) in [5, 5.41) is 2.86. The van der Waals surface area contributed by atoms with E-state index in [1.807, 2.05) is 0 Å². The Hall–Kier alpha value is -2.77. The predicted octanol–water partition coefficient (Wildman–Crippen LogP) is 2.79. The van der Waals surface area contributed by atoms with E-state index in [-0.39, 0.29) is 17.5 Å². The van der Waals surface area contributed by atoms with E-state index in [1.54, 1.807) is 37.4 Å². The van der Waals surface area contributed by atoms with Crippen molar-refractivity contribution in [1.29, 1.82) is 0 Å². The summed E-state index contributed by atoms with van der Waals surface area (Å²) in [6.45, 7) is 5.54. The number of nitrogens with one attached hydrogen (secondary N) is 1. The molecule has 3 rings (SSSR count). The highest BCUT2D eigenvalue weighted by atomic mass is 19.1. The second kappa shape index (κ2) is 9.62. The van der Waals surface area contributed by atoms with Gasteiger partial charge in [0.15, 0.2) is 5.78 Å². The highest BCUT2D eigenvalue weighted by Gasteiger charge is 2.20. The first-order chi connectivity index (χ1) is 13.9. The molecule has 154 valence electrons. The molecule has 7 heteroatoms. The van der Waals surface area contributed by atoms with Crippen LogP contribution in [-0.4, -0.2) is 61.3 Å². The molecule has 1 N–H and O–H groups in total. The van der Waals surface area contributed by atoms with Crippen molar-refractivity contribution in [1.82, 2.24) is 9.80 Å². The minimum atomic E-state index is -0.271. The highest BCUT2D eigenvalue weighted by Crippen LogP contribution is 2.21. The summed E-state index contributed by atoms with van der Waals surface area (Å²) in [6.07, 6.45) is 0. The van der Waals surface area contributed by atoms with Gasteiger partial charge in [-0.2, -0.15) is 0 Å². The minimum absolute atomic E-state index is 0.00314. The molecule has 1 aliphatic rings. The fourth-order valence-electron chi connectivity index (χ4n) is 3.41. The standard InChI is InChI=1S/C22H26FN3O3/c1-16(27)17-3-6-20(7-4-17)24-22(28)15-26-11-9-25(10-12-26)14-18-13-19(23)5-8-21(18)29-2/h3-8,13H,9-12,14-15H2,1-2H3,(H,24,28). The molecule has 0 radical (unpaired) electrons. The number of ketones is 1. The number of rotatable bonds is 7. The number of piperazine rings is 1. The molecule has 1 amide bonds. The van der Waals surface area contributed by atoms with Crippen molar-refractivity contribution in [2.75, 3.05) is 45.2 Å². The molecule has 6 nitrogen and oxygen atoms in total. The number of ether oxygens (including phenoxy) is 1. The second-order valence-corrected chi connectivity index (χ2v) is 7.19. The molecule has 0 atom stereocenters. The lowest BCUT2D eigenvalue weighted by atomic mass is 10.1. The van der Waals surface area contributed by atoms with Crippen LogP contribution in [0.1, 0.15) is 22.8 Å². The third-order valence-corrected chi connectivity index (χ3v) is 5.04. The van der Waals surface area contributed by atoms with Gasteiger partial charge in [-0.05, 0) is 49.4 Å². The van der Waals surface area contributed by atoms with E-state index in [2.05, 4.69) is 15.1 Å². The van der Waals surface area contributed by atoms with Crippen molar-refractivity contribution < 1.29 is 18.7 Å². The Morgan fingerprint density at radius 2 is 1.69 bits per heavy atom. The number of hydrogen-bond acceptors (Lipinski definition) is 5. The van der Waals surface area contributed by atoms with Gasteiger partial charge in [0.25, 0.3) is 0 Å². The lowest BCUT2D eigenvalue weighted by molar-refractivity contribution is -0.117. The third kappa shape index (κ3) is 5.85. The average molecular weight is 399 g/mol. The molecule has 0 unspecified atom stereocenters. The maximum atomic E-state index is 13.5. The normalized spacial score (nSPS) is 15.1. The molecule has 29 heavy (non-hydrogen) atoms. The number of benzene rings is 2.